The van der Waals surface area contributed by atoms with Crippen LogP contribution in [0, 0.1) is 6.92 Å². The lowest BCUT2D eigenvalue weighted by molar-refractivity contribution is -0.140. The van der Waals surface area contributed by atoms with Gasteiger partial charge in [0.1, 0.15) is 18.7 Å². The molecule has 0 atom stereocenters. The number of methoxy groups -OCH3 is 1. The molecule has 20 heavy (non-hydrogen) atoms. The number of aryl methyl sites for hydroxylation is 1. The Kier molecular flexibility index (Phi) is 4.06. The minimum absolute atomic E-state index is 0.0622. The van der Waals surface area contributed by atoms with Gasteiger partial charge in [-0.25, -0.2) is 8.78 Å². The molecule has 0 aliphatic carbocycles. The zero-order valence-electron chi connectivity index (χ0n) is 10.8. The van der Waals surface area contributed by atoms with Crippen LogP contribution in [0.4, 0.5) is 8.78 Å². The lowest BCUT2D eigenvalue weighted by Gasteiger charge is -1.99. The summed E-state index contributed by atoms with van der Waals surface area (Å²) >= 11 is 0. The molecule has 9 heteroatoms. The zero-order valence-corrected chi connectivity index (χ0v) is 10.8. The molecule has 7 nitrogen and oxygen atoms in total. The Hall–Kier alpha value is -2.32. The molecule has 0 bridgehead atoms. The quantitative estimate of drug-likeness (QED) is 0.770. The van der Waals surface area contributed by atoms with Crippen molar-refractivity contribution in [3.8, 4) is 0 Å². The number of esters is 1. The average molecular weight is 286 g/mol. The highest BCUT2D eigenvalue weighted by Crippen LogP contribution is 2.18. The van der Waals surface area contributed by atoms with Gasteiger partial charge in [0, 0.05) is 5.69 Å². The van der Waals surface area contributed by atoms with Crippen molar-refractivity contribution in [1.82, 2.24) is 20.0 Å². The highest BCUT2D eigenvalue weighted by molar-refractivity contribution is 5.70. The molecule has 108 valence electrons. The minimum Gasteiger partial charge on any atom is -0.469 e. The number of nitrogens with zero attached hydrogens (tertiary/aromatic N) is 4. The monoisotopic (exact) mass is 286 g/mol. The van der Waals surface area contributed by atoms with E-state index in [0.29, 0.717) is 5.69 Å². The van der Waals surface area contributed by atoms with Crippen LogP contribution >= 0.6 is 0 Å². The minimum atomic E-state index is -2.63. The summed E-state index contributed by atoms with van der Waals surface area (Å²) in [6.07, 6.45) is -2.77. The highest BCUT2D eigenvalue weighted by atomic mass is 19.3. The summed E-state index contributed by atoms with van der Waals surface area (Å²) in [4.78, 5) is 11.0. The molecule has 0 N–H and O–H groups in total. The van der Waals surface area contributed by atoms with Crippen LogP contribution in [-0.2, 0) is 22.5 Å². The second-order valence-electron chi connectivity index (χ2n) is 4.01. The zero-order chi connectivity index (χ0) is 14.7. The number of rotatable bonds is 5. The second kappa shape index (κ2) is 5.76. The molecule has 0 aliphatic rings. The van der Waals surface area contributed by atoms with Crippen molar-refractivity contribution in [2.45, 2.75) is 26.3 Å². The number of carbonyl (C=O) groups excluding carboxylic acids is 1. The Morgan fingerprint density at radius 3 is 2.75 bits per heavy atom. The van der Waals surface area contributed by atoms with E-state index in [1.54, 1.807) is 6.92 Å². The van der Waals surface area contributed by atoms with Crippen LogP contribution in [0.25, 0.3) is 0 Å². The molecule has 0 amide bonds. The van der Waals surface area contributed by atoms with E-state index in [0.717, 1.165) is 0 Å². The first-order valence-electron chi connectivity index (χ1n) is 5.70. The predicted octanol–water partition coefficient (Wildman–Crippen LogP) is 1.28. The number of ether oxygens (including phenoxy) is 1. The molecule has 0 saturated carbocycles. The fourth-order valence-corrected chi connectivity index (χ4v) is 1.55. The molecule has 0 radical (unpaired) electrons. The lowest BCUT2D eigenvalue weighted by atomic mass is 10.4. The summed E-state index contributed by atoms with van der Waals surface area (Å²) < 4.78 is 36.0. The average Bonchev–Trinajstić information content (AvgIpc) is 2.98. The lowest BCUT2D eigenvalue weighted by Crippen LogP contribution is -2.05. The second-order valence-corrected chi connectivity index (χ2v) is 4.01. The molecule has 2 aromatic heterocycles. The standard InChI is InChI=1S/C11H12F2N4O3/c1-6-3-7(11(12)13)16-17(6)5-9-15-14-8(20-9)4-10(18)19-2/h3,11H,4-5H2,1-2H3. The van der Waals surface area contributed by atoms with Gasteiger partial charge in [0.25, 0.3) is 6.43 Å². The molecule has 0 spiro atoms. The summed E-state index contributed by atoms with van der Waals surface area (Å²) in [5, 5.41) is 11.1. The first kappa shape index (κ1) is 14.1. The maximum Gasteiger partial charge on any atom is 0.315 e. The number of carbonyl (C=O) groups is 1. The van der Waals surface area contributed by atoms with E-state index in [4.69, 9.17) is 4.42 Å². The van der Waals surface area contributed by atoms with Crippen molar-refractivity contribution < 1.29 is 22.7 Å². The van der Waals surface area contributed by atoms with Gasteiger partial charge in [-0.3, -0.25) is 9.48 Å². The van der Waals surface area contributed by atoms with Crippen molar-refractivity contribution in [3.63, 3.8) is 0 Å². The van der Waals surface area contributed by atoms with Gasteiger partial charge in [0.15, 0.2) is 0 Å². The Labute approximate surface area is 112 Å². The van der Waals surface area contributed by atoms with Gasteiger partial charge >= 0.3 is 5.97 Å². The van der Waals surface area contributed by atoms with Crippen LogP contribution in [0.2, 0.25) is 0 Å². The largest absolute Gasteiger partial charge is 0.469 e. The number of aromatic nitrogens is 4. The molecule has 0 aromatic carbocycles. The van der Waals surface area contributed by atoms with Gasteiger partial charge in [-0.2, -0.15) is 5.10 Å². The summed E-state index contributed by atoms with van der Waals surface area (Å²) in [5.41, 5.74) is 0.241. The number of hydrogen-bond donors (Lipinski definition) is 0. The predicted molar refractivity (Wildman–Crippen MR) is 61.0 cm³/mol. The van der Waals surface area contributed by atoms with Crippen LogP contribution in [0.1, 0.15) is 29.6 Å². The number of alkyl halides is 2. The van der Waals surface area contributed by atoms with Crippen molar-refractivity contribution in [2.24, 2.45) is 0 Å². The van der Waals surface area contributed by atoms with Crippen molar-refractivity contribution in [3.05, 3.63) is 29.2 Å². The van der Waals surface area contributed by atoms with Crippen molar-refractivity contribution >= 4 is 5.97 Å². The summed E-state index contributed by atoms with van der Waals surface area (Å²) in [6.45, 7) is 1.71. The number of halogens is 2. The fourth-order valence-electron chi connectivity index (χ4n) is 1.55. The topological polar surface area (TPSA) is 83.0 Å². The van der Waals surface area contributed by atoms with Crippen LogP contribution in [0.15, 0.2) is 10.5 Å². The van der Waals surface area contributed by atoms with Crippen LogP contribution < -0.4 is 0 Å². The first-order chi connectivity index (χ1) is 9.49. The maximum atomic E-state index is 12.5. The fraction of sp³-hybridized carbons (Fsp3) is 0.455. The van der Waals surface area contributed by atoms with Crippen molar-refractivity contribution in [2.75, 3.05) is 7.11 Å². The third kappa shape index (κ3) is 3.16. The summed E-state index contributed by atoms with van der Waals surface area (Å²) in [6, 6.07) is 1.29. The van der Waals surface area contributed by atoms with Crippen LogP contribution in [0.3, 0.4) is 0 Å². The van der Waals surface area contributed by atoms with E-state index in [1.165, 1.54) is 17.9 Å². The Morgan fingerprint density at radius 2 is 2.15 bits per heavy atom. The molecule has 2 heterocycles. The molecule has 0 fully saturated rings. The molecule has 0 saturated heterocycles. The SMILES string of the molecule is COC(=O)Cc1nnc(Cn2nc(C(F)F)cc2C)o1. The summed E-state index contributed by atoms with van der Waals surface area (Å²) in [5.74, 6) is -0.225. The number of hydrogen-bond acceptors (Lipinski definition) is 6. The van der Waals surface area contributed by atoms with Crippen LogP contribution in [0.5, 0.6) is 0 Å². The van der Waals surface area contributed by atoms with E-state index >= 15 is 0 Å². The summed E-state index contributed by atoms with van der Waals surface area (Å²) in [7, 11) is 1.25. The molecular formula is C11H12F2N4O3. The van der Waals surface area contributed by atoms with Crippen LogP contribution in [-0.4, -0.2) is 33.1 Å². The third-order valence-corrected chi connectivity index (χ3v) is 2.54. The van der Waals surface area contributed by atoms with Gasteiger partial charge < -0.3 is 9.15 Å². The van der Waals surface area contributed by atoms with Gasteiger partial charge in [0.2, 0.25) is 11.8 Å². The molecule has 2 rings (SSSR count). The Morgan fingerprint density at radius 1 is 1.45 bits per heavy atom. The Balaban J connectivity index is 2.08. The van der Waals surface area contributed by atoms with Gasteiger partial charge in [-0.1, -0.05) is 0 Å². The Bertz CT molecular complexity index is 609. The molecular weight excluding hydrogens is 274 g/mol. The van der Waals surface area contributed by atoms with E-state index in [-0.39, 0.29) is 30.4 Å². The molecule has 2 aromatic rings. The normalized spacial score (nSPS) is 11.1. The van der Waals surface area contributed by atoms with E-state index in [1.807, 2.05) is 0 Å². The van der Waals surface area contributed by atoms with Gasteiger partial charge in [-0.05, 0) is 13.0 Å². The van der Waals surface area contributed by atoms with E-state index in [9.17, 15) is 13.6 Å². The van der Waals surface area contributed by atoms with Gasteiger partial charge in [0.05, 0.1) is 7.11 Å². The smallest absolute Gasteiger partial charge is 0.315 e. The first-order valence-corrected chi connectivity index (χ1v) is 5.70. The third-order valence-electron chi connectivity index (χ3n) is 2.54. The maximum absolute atomic E-state index is 12.5. The highest BCUT2D eigenvalue weighted by Gasteiger charge is 2.16. The van der Waals surface area contributed by atoms with Crippen molar-refractivity contribution in [1.29, 1.82) is 0 Å². The molecule has 0 unspecified atom stereocenters. The van der Waals surface area contributed by atoms with E-state index < -0.39 is 12.4 Å². The van der Waals surface area contributed by atoms with Gasteiger partial charge in [-0.15, -0.1) is 10.2 Å². The van der Waals surface area contributed by atoms with E-state index in [2.05, 4.69) is 20.0 Å². The molecule has 0 aliphatic heterocycles.